The summed E-state index contributed by atoms with van der Waals surface area (Å²) in [5.41, 5.74) is 1.57. The second-order valence-corrected chi connectivity index (χ2v) is 5.52. The van der Waals surface area contributed by atoms with Crippen molar-refractivity contribution in [2.45, 2.75) is 4.90 Å². The average molecular weight is 293 g/mol. The lowest BCUT2D eigenvalue weighted by Gasteiger charge is -2.04. The van der Waals surface area contributed by atoms with E-state index in [-0.39, 0.29) is 10.6 Å². The van der Waals surface area contributed by atoms with Crippen molar-refractivity contribution in [1.82, 2.24) is 0 Å². The van der Waals surface area contributed by atoms with Crippen LogP contribution < -0.4 is 9.88 Å². The van der Waals surface area contributed by atoms with Crippen molar-refractivity contribution in [3.05, 3.63) is 48.5 Å². The van der Waals surface area contributed by atoms with Crippen molar-refractivity contribution >= 4 is 16.2 Å². The fraction of sp³-hybridized carbons (Fsp3) is 0. The number of ether oxygens (including phenoxy) is 1. The first-order chi connectivity index (χ1) is 9.36. The number of hydrogen-bond donors (Lipinski definition) is 2. The molecule has 0 spiro atoms. The molecule has 0 atom stereocenters. The van der Waals surface area contributed by atoms with Gasteiger partial charge in [0.05, 0.1) is 4.90 Å². The first-order valence-electron chi connectivity index (χ1n) is 5.50. The Balaban J connectivity index is 2.26. The van der Waals surface area contributed by atoms with Crippen LogP contribution in [0.5, 0.6) is 5.75 Å². The molecule has 2 aromatic carbocycles. The van der Waals surface area contributed by atoms with E-state index in [1.807, 2.05) is 0 Å². The molecular weight excluding hydrogens is 282 g/mol. The number of benzene rings is 2. The van der Waals surface area contributed by atoms with Gasteiger partial charge >= 0.3 is 6.16 Å². The van der Waals surface area contributed by atoms with Gasteiger partial charge in [-0.3, -0.25) is 0 Å². The van der Waals surface area contributed by atoms with Crippen molar-refractivity contribution in [2.24, 2.45) is 5.14 Å². The fourth-order valence-electron chi connectivity index (χ4n) is 1.65. The highest BCUT2D eigenvalue weighted by atomic mass is 32.2. The Labute approximate surface area is 115 Å². The van der Waals surface area contributed by atoms with Gasteiger partial charge in [-0.2, -0.15) is 0 Å². The number of carboxylic acid groups (broad SMARTS) is 1. The average Bonchev–Trinajstić information content (AvgIpc) is 2.38. The topological polar surface area (TPSA) is 107 Å². The Kier molecular flexibility index (Phi) is 3.73. The van der Waals surface area contributed by atoms with Crippen LogP contribution in [-0.2, 0) is 10.0 Å². The van der Waals surface area contributed by atoms with Gasteiger partial charge in [-0.1, -0.05) is 24.3 Å². The number of nitrogens with two attached hydrogens (primary N) is 1. The van der Waals surface area contributed by atoms with Crippen molar-refractivity contribution in [1.29, 1.82) is 0 Å². The molecule has 0 aliphatic rings. The SMILES string of the molecule is NS(=O)(=O)c1ccc(-c2ccc(OC(=O)O)cc2)cc1. The Bertz CT molecular complexity index is 720. The maximum atomic E-state index is 11.1. The van der Waals surface area contributed by atoms with E-state index in [1.165, 1.54) is 24.3 Å². The minimum absolute atomic E-state index is 0.0343. The van der Waals surface area contributed by atoms with E-state index in [2.05, 4.69) is 4.74 Å². The molecule has 0 unspecified atom stereocenters. The van der Waals surface area contributed by atoms with E-state index in [1.54, 1.807) is 24.3 Å². The van der Waals surface area contributed by atoms with E-state index in [0.29, 0.717) is 0 Å². The predicted octanol–water partition coefficient (Wildman–Crippen LogP) is 2.06. The van der Waals surface area contributed by atoms with Gasteiger partial charge in [0.1, 0.15) is 5.75 Å². The standard InChI is InChI=1S/C13H11NO5S/c14-20(17,18)12-7-3-10(4-8-12)9-1-5-11(6-2-9)19-13(15)16/h1-8H,(H,15,16)(H2,14,17,18). The van der Waals surface area contributed by atoms with Crippen molar-refractivity contribution in [3.63, 3.8) is 0 Å². The number of carbonyl (C=O) groups is 1. The lowest BCUT2D eigenvalue weighted by atomic mass is 10.1. The molecule has 6 nitrogen and oxygen atoms in total. The largest absolute Gasteiger partial charge is 0.511 e. The molecule has 0 saturated carbocycles. The predicted molar refractivity (Wildman–Crippen MR) is 71.9 cm³/mol. The zero-order valence-electron chi connectivity index (χ0n) is 10.2. The first-order valence-corrected chi connectivity index (χ1v) is 7.05. The number of hydrogen-bond acceptors (Lipinski definition) is 4. The maximum Gasteiger partial charge on any atom is 0.511 e. The fourth-order valence-corrected chi connectivity index (χ4v) is 2.17. The van der Waals surface area contributed by atoms with Crippen LogP contribution in [0.1, 0.15) is 0 Å². The number of sulfonamides is 1. The van der Waals surface area contributed by atoms with Crippen molar-refractivity contribution in [2.75, 3.05) is 0 Å². The molecule has 0 aliphatic heterocycles. The number of rotatable bonds is 3. The minimum Gasteiger partial charge on any atom is -0.449 e. The highest BCUT2D eigenvalue weighted by molar-refractivity contribution is 7.89. The summed E-state index contributed by atoms with van der Waals surface area (Å²) in [6, 6.07) is 12.4. The third kappa shape index (κ3) is 3.34. The molecular formula is C13H11NO5S. The highest BCUT2D eigenvalue weighted by Gasteiger charge is 2.07. The maximum absolute atomic E-state index is 11.1. The van der Waals surface area contributed by atoms with Crippen LogP contribution in [0, 0.1) is 0 Å². The zero-order valence-corrected chi connectivity index (χ0v) is 11.0. The van der Waals surface area contributed by atoms with Gasteiger partial charge in [0, 0.05) is 0 Å². The van der Waals surface area contributed by atoms with Crippen LogP contribution in [-0.4, -0.2) is 19.7 Å². The molecule has 2 aromatic rings. The van der Waals surface area contributed by atoms with E-state index in [0.717, 1.165) is 11.1 Å². The summed E-state index contributed by atoms with van der Waals surface area (Å²) in [6.45, 7) is 0. The molecule has 104 valence electrons. The molecule has 2 rings (SSSR count). The molecule has 0 amide bonds. The second-order valence-electron chi connectivity index (χ2n) is 3.96. The first kappa shape index (κ1) is 14.0. The molecule has 0 heterocycles. The quantitative estimate of drug-likeness (QED) is 0.665. The Morgan fingerprint density at radius 3 is 1.80 bits per heavy atom. The third-order valence-corrected chi connectivity index (χ3v) is 3.50. The lowest BCUT2D eigenvalue weighted by Crippen LogP contribution is -2.11. The van der Waals surface area contributed by atoms with Gasteiger partial charge in [-0.25, -0.2) is 18.4 Å². The van der Waals surface area contributed by atoms with E-state index >= 15 is 0 Å². The van der Waals surface area contributed by atoms with Gasteiger partial charge in [0.25, 0.3) is 0 Å². The van der Waals surface area contributed by atoms with Crippen molar-refractivity contribution in [3.8, 4) is 16.9 Å². The number of primary sulfonamides is 1. The van der Waals surface area contributed by atoms with Crippen LogP contribution in [0.2, 0.25) is 0 Å². The molecule has 0 aromatic heterocycles. The minimum atomic E-state index is -3.71. The monoisotopic (exact) mass is 293 g/mol. The van der Waals surface area contributed by atoms with Crippen LogP contribution >= 0.6 is 0 Å². The van der Waals surface area contributed by atoms with Crippen LogP contribution in [0.25, 0.3) is 11.1 Å². The summed E-state index contributed by atoms with van der Waals surface area (Å²) < 4.78 is 26.8. The molecule has 20 heavy (non-hydrogen) atoms. The Morgan fingerprint density at radius 2 is 1.40 bits per heavy atom. The summed E-state index contributed by atoms with van der Waals surface area (Å²) in [5.74, 6) is 0.211. The van der Waals surface area contributed by atoms with Gasteiger partial charge in [-0.05, 0) is 35.4 Å². The van der Waals surface area contributed by atoms with E-state index in [4.69, 9.17) is 10.2 Å². The molecule has 3 N–H and O–H groups in total. The Hall–Kier alpha value is -2.38. The Morgan fingerprint density at radius 1 is 0.950 bits per heavy atom. The van der Waals surface area contributed by atoms with Crippen LogP contribution in [0.15, 0.2) is 53.4 Å². The summed E-state index contributed by atoms with van der Waals surface area (Å²) in [4.78, 5) is 10.4. The summed E-state index contributed by atoms with van der Waals surface area (Å²) in [7, 11) is -3.71. The summed E-state index contributed by atoms with van der Waals surface area (Å²) in [6.07, 6.45) is -1.38. The third-order valence-electron chi connectivity index (χ3n) is 2.58. The van der Waals surface area contributed by atoms with Gasteiger partial charge in [-0.15, -0.1) is 0 Å². The summed E-state index contributed by atoms with van der Waals surface area (Å²) >= 11 is 0. The molecule has 0 fully saturated rings. The van der Waals surface area contributed by atoms with Gasteiger partial charge < -0.3 is 9.84 Å². The normalized spacial score (nSPS) is 11.1. The smallest absolute Gasteiger partial charge is 0.449 e. The van der Waals surface area contributed by atoms with Gasteiger partial charge in [0.2, 0.25) is 10.0 Å². The van der Waals surface area contributed by atoms with E-state index in [9.17, 15) is 13.2 Å². The molecule has 7 heteroatoms. The molecule has 0 radical (unpaired) electrons. The second kappa shape index (κ2) is 5.32. The summed E-state index contributed by atoms with van der Waals surface area (Å²) in [5, 5.41) is 13.5. The van der Waals surface area contributed by atoms with Gasteiger partial charge in [0.15, 0.2) is 0 Å². The van der Waals surface area contributed by atoms with Crippen LogP contribution in [0.4, 0.5) is 4.79 Å². The molecule has 0 bridgehead atoms. The zero-order chi connectivity index (χ0) is 14.8. The van der Waals surface area contributed by atoms with E-state index < -0.39 is 16.2 Å². The molecule has 0 saturated heterocycles. The molecule has 0 aliphatic carbocycles. The lowest BCUT2D eigenvalue weighted by molar-refractivity contribution is 0.144. The van der Waals surface area contributed by atoms with Crippen LogP contribution in [0.3, 0.4) is 0 Å². The highest BCUT2D eigenvalue weighted by Crippen LogP contribution is 2.23. The van der Waals surface area contributed by atoms with Crippen molar-refractivity contribution < 1.29 is 23.1 Å².